The largest absolute Gasteiger partial charge is 0.460 e. The second-order valence-corrected chi connectivity index (χ2v) is 20.6. The first-order valence-corrected chi connectivity index (χ1v) is 25.6. The van der Waals surface area contributed by atoms with Gasteiger partial charge in [0.1, 0.15) is 24.4 Å². The third-order valence-corrected chi connectivity index (χ3v) is 15.2. The summed E-state index contributed by atoms with van der Waals surface area (Å²) in [4.78, 5) is 89.8. The van der Waals surface area contributed by atoms with Gasteiger partial charge in [0.25, 0.3) is 11.7 Å². The highest BCUT2D eigenvalue weighted by Gasteiger charge is 2.53. The van der Waals surface area contributed by atoms with Crippen LogP contribution in [0.4, 0.5) is 4.79 Å². The van der Waals surface area contributed by atoms with Crippen LogP contribution < -0.4 is 0 Å². The zero-order valence-electron chi connectivity index (χ0n) is 44.3. The molecule has 2 amide bonds. The molecule has 0 aromatic rings. The number of allylic oxidation sites excluding steroid dienone is 6. The Morgan fingerprint density at radius 3 is 2.27 bits per heavy atom. The number of fused-ring (bicyclic) bond motifs is 3. The Morgan fingerprint density at radius 2 is 1.61 bits per heavy atom. The van der Waals surface area contributed by atoms with E-state index in [0.717, 1.165) is 10.6 Å². The lowest BCUT2D eigenvalue weighted by molar-refractivity contribution is -0.265. The molecule has 400 valence electrons. The van der Waals surface area contributed by atoms with Gasteiger partial charge in [0.05, 0.1) is 31.5 Å². The molecule has 2 N–H and O–H groups in total. The van der Waals surface area contributed by atoms with Crippen LogP contribution in [-0.4, -0.2) is 152 Å². The summed E-state index contributed by atoms with van der Waals surface area (Å²) in [6.07, 6.45) is 9.93. The molecule has 2 saturated heterocycles. The van der Waals surface area contributed by atoms with Gasteiger partial charge in [0.15, 0.2) is 11.6 Å². The second kappa shape index (κ2) is 27.8. The highest BCUT2D eigenvalue weighted by molar-refractivity contribution is 6.39. The standard InChI is InChI=1S/C54H84N2O15/c1-32-18-14-13-15-19-33(2)44(65-9)30-40-23-21-38(7)54(64,71-40)50(60)51(61)56-25-17-16-20-41(56)52(62)69-45(31-42(57)34(3)27-37(6)48(59)49(67-11)47(58)36(5)26-32)35(4)28-39-22-24-43(46(29-39)66-10)70-53(63)55(8)68-12/h13-15,18-19,27,32,35-41,43-46,48-49,59,64H,16-17,20-26,28-31H2,1-12H3/t32-,35-,36+,37?,38-,39+,40+,41+,43-,44+,45+,46-,48-,49+,54-/m1/s1. The SMILES string of the molecule is CO[C@H]1C[C@@H]2CC[C@@H](C)[C@@](O)(O2)C(=O)C(=O)N2CCCC[C@H]2C(=O)O[C@H]([C@H](C)C[C@@H]2CC[C@@H](OC(=O)N(C)OC)[C@H](OC)C2)CC(=O)C(C)=CC(C)[C@@H](O)[C@@H](OC)C(=O)[C@@H](C)C[C@H](C)C=CC=CC=C1C. The van der Waals surface area contributed by atoms with Gasteiger partial charge in [0.2, 0.25) is 5.79 Å². The Balaban J connectivity index is 1.70. The van der Waals surface area contributed by atoms with Crippen molar-refractivity contribution in [2.45, 2.75) is 180 Å². The average Bonchev–Trinajstić information content (AvgIpc) is 3.35. The van der Waals surface area contributed by atoms with Crippen LogP contribution in [0.2, 0.25) is 0 Å². The van der Waals surface area contributed by atoms with E-state index in [1.807, 2.05) is 58.1 Å². The molecule has 4 rings (SSSR count). The van der Waals surface area contributed by atoms with Gasteiger partial charge in [-0.15, -0.1) is 0 Å². The first kappa shape index (κ1) is 59.5. The number of amides is 2. The molecule has 0 aromatic heterocycles. The number of nitrogens with zero attached hydrogens (tertiary/aromatic N) is 2. The van der Waals surface area contributed by atoms with Crippen LogP contribution in [0, 0.1) is 35.5 Å². The van der Waals surface area contributed by atoms with Crippen LogP contribution in [-0.2, 0) is 57.2 Å². The fourth-order valence-corrected chi connectivity index (χ4v) is 10.5. The summed E-state index contributed by atoms with van der Waals surface area (Å²) in [5, 5.41) is 24.5. The Kier molecular flexibility index (Phi) is 23.3. The molecule has 1 saturated carbocycles. The molecule has 17 heteroatoms. The minimum atomic E-state index is -2.45. The van der Waals surface area contributed by atoms with E-state index in [2.05, 4.69) is 0 Å². The maximum Gasteiger partial charge on any atom is 0.434 e. The monoisotopic (exact) mass is 1000 g/mol. The Morgan fingerprint density at radius 1 is 0.887 bits per heavy atom. The van der Waals surface area contributed by atoms with Gasteiger partial charge in [-0.3, -0.25) is 24.0 Å². The van der Waals surface area contributed by atoms with Crippen molar-refractivity contribution < 1.29 is 72.2 Å². The molecule has 3 heterocycles. The number of methoxy groups -OCH3 is 3. The fraction of sp³-hybridized carbons (Fsp3) is 0.741. The van der Waals surface area contributed by atoms with Gasteiger partial charge in [-0.25, -0.2) is 9.59 Å². The van der Waals surface area contributed by atoms with Gasteiger partial charge >= 0.3 is 12.1 Å². The molecule has 17 nitrogen and oxygen atoms in total. The molecule has 2 bridgehead atoms. The summed E-state index contributed by atoms with van der Waals surface area (Å²) in [5.41, 5.74) is 1.16. The summed E-state index contributed by atoms with van der Waals surface area (Å²) in [6, 6.07) is -1.18. The normalized spacial score (nSPS) is 35.5. The third kappa shape index (κ3) is 15.9. The van der Waals surface area contributed by atoms with Crippen LogP contribution in [0.5, 0.6) is 0 Å². The number of hydrogen-bond acceptors (Lipinski definition) is 15. The summed E-state index contributed by atoms with van der Waals surface area (Å²) >= 11 is 0. The Hall–Kier alpha value is -4.10. The molecular weight excluding hydrogens is 917 g/mol. The van der Waals surface area contributed by atoms with Crippen LogP contribution in [0.3, 0.4) is 0 Å². The Labute approximate surface area is 421 Å². The maximum atomic E-state index is 14.5. The minimum absolute atomic E-state index is 0.00661. The van der Waals surface area contributed by atoms with E-state index in [4.69, 9.17) is 33.3 Å². The second-order valence-electron chi connectivity index (χ2n) is 20.6. The number of hydrogen-bond donors (Lipinski definition) is 2. The molecule has 1 aliphatic carbocycles. The van der Waals surface area contributed by atoms with E-state index in [0.29, 0.717) is 64.2 Å². The summed E-state index contributed by atoms with van der Waals surface area (Å²) < 4.78 is 35.4. The first-order valence-electron chi connectivity index (χ1n) is 25.6. The van der Waals surface area contributed by atoms with E-state index in [1.165, 1.54) is 26.2 Å². The van der Waals surface area contributed by atoms with E-state index >= 15 is 0 Å². The molecule has 71 heavy (non-hydrogen) atoms. The van der Waals surface area contributed by atoms with Gasteiger partial charge < -0.3 is 43.5 Å². The number of Topliss-reactive ketones (excluding diaryl/α,β-unsaturated/α-hetero) is 3. The zero-order valence-corrected chi connectivity index (χ0v) is 44.3. The predicted molar refractivity (Wildman–Crippen MR) is 264 cm³/mol. The van der Waals surface area contributed by atoms with Gasteiger partial charge in [0, 0.05) is 65.5 Å². The van der Waals surface area contributed by atoms with Crippen molar-refractivity contribution in [3.8, 4) is 0 Å². The number of ether oxygens (including phenoxy) is 6. The molecule has 3 fully saturated rings. The first-order chi connectivity index (χ1) is 33.6. The number of rotatable bonds is 8. The van der Waals surface area contributed by atoms with Gasteiger partial charge in [-0.2, -0.15) is 5.06 Å². The lowest BCUT2D eigenvalue weighted by Gasteiger charge is -2.42. The number of aliphatic hydroxyl groups excluding tert-OH is 1. The lowest BCUT2D eigenvalue weighted by atomic mass is 9.78. The van der Waals surface area contributed by atoms with Gasteiger partial charge in [-0.05, 0) is 107 Å². The lowest BCUT2D eigenvalue weighted by Crippen LogP contribution is -2.61. The number of carbonyl (C=O) groups excluding carboxylic acids is 6. The van der Waals surface area contributed by atoms with Crippen molar-refractivity contribution in [3.63, 3.8) is 0 Å². The molecule has 1 unspecified atom stereocenters. The molecule has 4 aliphatic rings. The van der Waals surface area contributed by atoms with Crippen LogP contribution in [0.1, 0.15) is 126 Å². The average molecular weight is 1000 g/mol. The molecule has 0 spiro atoms. The number of cyclic esters (lactones) is 1. The van der Waals surface area contributed by atoms with Crippen molar-refractivity contribution in [2.75, 3.05) is 42.0 Å². The summed E-state index contributed by atoms with van der Waals surface area (Å²) in [5.74, 6) is -8.31. The van der Waals surface area contributed by atoms with E-state index in [9.17, 15) is 39.0 Å². The van der Waals surface area contributed by atoms with E-state index < -0.39 is 102 Å². The van der Waals surface area contributed by atoms with Crippen molar-refractivity contribution in [1.29, 1.82) is 0 Å². The predicted octanol–water partition coefficient (Wildman–Crippen LogP) is 6.82. The van der Waals surface area contributed by atoms with Crippen molar-refractivity contribution in [1.82, 2.24) is 9.96 Å². The highest BCUT2D eigenvalue weighted by atomic mass is 16.7. The number of hydroxylamine groups is 2. The van der Waals surface area contributed by atoms with E-state index in [1.54, 1.807) is 41.1 Å². The van der Waals surface area contributed by atoms with Crippen molar-refractivity contribution in [3.05, 3.63) is 47.6 Å². The molecule has 0 radical (unpaired) electrons. The topological polar surface area (TPSA) is 214 Å². The molecular formula is C54H84N2O15. The molecule has 15 atom stereocenters. The van der Waals surface area contributed by atoms with Gasteiger partial charge in [-0.1, -0.05) is 71.1 Å². The number of piperidine rings is 1. The highest BCUT2D eigenvalue weighted by Crippen LogP contribution is 2.38. The number of carbonyl (C=O) groups is 6. The zero-order chi connectivity index (χ0) is 52.7. The summed E-state index contributed by atoms with van der Waals surface area (Å²) in [6.45, 7) is 12.6. The smallest absolute Gasteiger partial charge is 0.434 e. The quantitative estimate of drug-likeness (QED) is 0.145. The van der Waals surface area contributed by atoms with E-state index in [-0.39, 0.29) is 48.4 Å². The Bertz CT molecular complexity index is 1950. The number of aliphatic hydroxyl groups is 2. The molecule has 0 aromatic carbocycles. The minimum Gasteiger partial charge on any atom is -0.460 e. The van der Waals surface area contributed by atoms with Crippen LogP contribution in [0.25, 0.3) is 0 Å². The number of ketones is 3. The van der Waals surface area contributed by atoms with Crippen molar-refractivity contribution in [2.24, 2.45) is 35.5 Å². The number of esters is 1. The molecule has 3 aliphatic heterocycles. The fourth-order valence-electron chi connectivity index (χ4n) is 10.5. The van der Waals surface area contributed by atoms with Crippen LogP contribution in [0.15, 0.2) is 47.6 Å². The third-order valence-electron chi connectivity index (χ3n) is 15.2. The summed E-state index contributed by atoms with van der Waals surface area (Å²) in [7, 11) is 7.30. The maximum absolute atomic E-state index is 14.5. The van der Waals surface area contributed by atoms with Crippen molar-refractivity contribution >= 4 is 35.3 Å². The van der Waals surface area contributed by atoms with Crippen LogP contribution >= 0.6 is 0 Å².